The lowest BCUT2D eigenvalue weighted by Crippen LogP contribution is -2.35. The first-order valence-corrected chi connectivity index (χ1v) is 7.39. The Morgan fingerprint density at radius 3 is 2.82 bits per heavy atom. The third-order valence-corrected chi connectivity index (χ3v) is 3.67. The molecule has 0 spiro atoms. The van der Waals surface area contributed by atoms with E-state index in [9.17, 15) is 4.79 Å². The molecule has 1 amide bonds. The molecule has 22 heavy (non-hydrogen) atoms. The lowest BCUT2D eigenvalue weighted by atomic mass is 9.97. The molecule has 1 aromatic heterocycles. The third-order valence-electron chi connectivity index (χ3n) is 3.67. The van der Waals surface area contributed by atoms with Gasteiger partial charge >= 0.3 is 0 Å². The molecule has 1 saturated heterocycles. The number of rotatable bonds is 2. The van der Waals surface area contributed by atoms with Crippen LogP contribution >= 0.6 is 12.4 Å². The number of aromatic nitrogens is 1. The van der Waals surface area contributed by atoms with Crippen molar-refractivity contribution in [3.63, 3.8) is 0 Å². The Morgan fingerprint density at radius 1 is 1.41 bits per heavy atom. The smallest absolute Gasteiger partial charge is 0.241 e. The molecular weight excluding hydrogens is 302 g/mol. The molecule has 2 heterocycles. The third kappa shape index (κ3) is 3.42. The number of carbonyl (C=O) groups is 1. The molecule has 6 heteroatoms. The maximum absolute atomic E-state index is 12.1. The van der Waals surface area contributed by atoms with Gasteiger partial charge in [0.15, 0.2) is 5.58 Å². The van der Waals surface area contributed by atoms with Gasteiger partial charge in [-0.05, 0) is 37.6 Å². The zero-order valence-electron chi connectivity index (χ0n) is 13.1. The van der Waals surface area contributed by atoms with Gasteiger partial charge in [-0.2, -0.15) is 0 Å². The number of hydrogen-bond acceptors (Lipinski definition) is 4. The second kappa shape index (κ2) is 6.26. The average Bonchev–Trinajstić information content (AvgIpc) is 3.06. The number of oxazole rings is 1. The minimum absolute atomic E-state index is 0. The lowest BCUT2D eigenvalue weighted by molar-refractivity contribution is -0.117. The normalized spacial score (nSPS) is 18.2. The molecular formula is C16H22ClN3O2. The first-order valence-electron chi connectivity index (χ1n) is 7.39. The highest BCUT2D eigenvalue weighted by Crippen LogP contribution is 2.27. The maximum Gasteiger partial charge on any atom is 0.241 e. The molecule has 0 aliphatic carbocycles. The minimum atomic E-state index is -0.129. The molecule has 0 radical (unpaired) electrons. The SMILES string of the molecule is CC(C)(C)c1nc2cc(NC(=O)C3CCCN3)ccc2o1.Cl. The Labute approximate surface area is 136 Å². The van der Waals surface area contributed by atoms with Crippen molar-refractivity contribution in [2.45, 2.75) is 45.1 Å². The number of hydrogen-bond donors (Lipinski definition) is 2. The molecule has 2 aromatic rings. The topological polar surface area (TPSA) is 67.2 Å². The number of halogens is 1. The Morgan fingerprint density at radius 2 is 2.18 bits per heavy atom. The second-order valence-electron chi connectivity index (χ2n) is 6.59. The van der Waals surface area contributed by atoms with E-state index < -0.39 is 0 Å². The second-order valence-corrected chi connectivity index (χ2v) is 6.59. The molecule has 5 nitrogen and oxygen atoms in total. The standard InChI is InChI=1S/C16H21N3O2.ClH/c1-16(2,3)15-19-12-9-10(6-7-13(12)21-15)18-14(20)11-5-4-8-17-11;/h6-7,9,11,17H,4-5,8H2,1-3H3,(H,18,20);1H. The zero-order valence-corrected chi connectivity index (χ0v) is 13.9. The van der Waals surface area contributed by atoms with Crippen molar-refractivity contribution in [1.82, 2.24) is 10.3 Å². The summed E-state index contributed by atoms with van der Waals surface area (Å²) in [5.74, 6) is 0.727. The van der Waals surface area contributed by atoms with Crippen LogP contribution in [0.4, 0.5) is 5.69 Å². The van der Waals surface area contributed by atoms with Gasteiger partial charge in [-0.25, -0.2) is 4.98 Å². The van der Waals surface area contributed by atoms with Gasteiger partial charge in [-0.15, -0.1) is 12.4 Å². The van der Waals surface area contributed by atoms with Crippen molar-refractivity contribution in [2.75, 3.05) is 11.9 Å². The van der Waals surface area contributed by atoms with E-state index >= 15 is 0 Å². The van der Waals surface area contributed by atoms with Gasteiger partial charge in [0.1, 0.15) is 5.52 Å². The molecule has 2 N–H and O–H groups in total. The molecule has 1 aliphatic heterocycles. The highest BCUT2D eigenvalue weighted by molar-refractivity contribution is 5.96. The molecule has 1 aromatic carbocycles. The van der Waals surface area contributed by atoms with Crippen LogP contribution in [-0.4, -0.2) is 23.5 Å². The molecule has 120 valence electrons. The van der Waals surface area contributed by atoms with E-state index in [4.69, 9.17) is 4.42 Å². The summed E-state index contributed by atoms with van der Waals surface area (Å²) in [5, 5.41) is 6.13. The summed E-state index contributed by atoms with van der Waals surface area (Å²) in [6.07, 6.45) is 1.95. The summed E-state index contributed by atoms with van der Waals surface area (Å²) in [7, 11) is 0. The lowest BCUT2D eigenvalue weighted by Gasteiger charge is -2.11. The van der Waals surface area contributed by atoms with Gasteiger partial charge in [-0.3, -0.25) is 4.79 Å². The monoisotopic (exact) mass is 323 g/mol. The van der Waals surface area contributed by atoms with Gasteiger partial charge in [0.25, 0.3) is 0 Å². The minimum Gasteiger partial charge on any atom is -0.440 e. The zero-order chi connectivity index (χ0) is 15.0. The van der Waals surface area contributed by atoms with Crippen LogP contribution in [0, 0.1) is 0 Å². The summed E-state index contributed by atoms with van der Waals surface area (Å²) >= 11 is 0. The van der Waals surface area contributed by atoms with Crippen LogP contribution in [0.5, 0.6) is 0 Å². The van der Waals surface area contributed by atoms with E-state index in [-0.39, 0.29) is 29.8 Å². The quantitative estimate of drug-likeness (QED) is 0.890. The Hall–Kier alpha value is -1.59. The molecule has 1 fully saturated rings. The van der Waals surface area contributed by atoms with E-state index in [1.54, 1.807) is 0 Å². The Kier molecular flexibility index (Phi) is 4.78. The Balaban J connectivity index is 0.00000176. The van der Waals surface area contributed by atoms with Crippen LogP contribution in [0.1, 0.15) is 39.5 Å². The van der Waals surface area contributed by atoms with E-state index in [0.29, 0.717) is 5.89 Å². The highest BCUT2D eigenvalue weighted by atomic mass is 35.5. The van der Waals surface area contributed by atoms with Crippen molar-refractivity contribution in [2.24, 2.45) is 0 Å². The van der Waals surface area contributed by atoms with E-state index in [1.165, 1.54) is 0 Å². The van der Waals surface area contributed by atoms with Crippen LogP contribution < -0.4 is 10.6 Å². The maximum atomic E-state index is 12.1. The first kappa shape index (κ1) is 16.8. The summed E-state index contributed by atoms with van der Waals surface area (Å²) in [6, 6.07) is 5.49. The van der Waals surface area contributed by atoms with Crippen LogP contribution in [0.25, 0.3) is 11.1 Å². The van der Waals surface area contributed by atoms with Crippen molar-refractivity contribution in [3.8, 4) is 0 Å². The number of benzene rings is 1. The van der Waals surface area contributed by atoms with E-state index in [1.807, 2.05) is 18.2 Å². The predicted molar refractivity (Wildman–Crippen MR) is 89.6 cm³/mol. The first-order chi connectivity index (χ1) is 9.93. The largest absolute Gasteiger partial charge is 0.440 e. The average molecular weight is 324 g/mol. The fourth-order valence-electron chi connectivity index (χ4n) is 2.46. The van der Waals surface area contributed by atoms with Gasteiger partial charge in [0.2, 0.25) is 11.8 Å². The fourth-order valence-corrected chi connectivity index (χ4v) is 2.46. The number of amides is 1. The molecule has 1 aliphatic rings. The van der Waals surface area contributed by atoms with Gasteiger partial charge in [-0.1, -0.05) is 20.8 Å². The number of carbonyl (C=O) groups excluding carboxylic acids is 1. The van der Waals surface area contributed by atoms with Crippen LogP contribution in [0.3, 0.4) is 0 Å². The summed E-state index contributed by atoms with van der Waals surface area (Å²) in [5.41, 5.74) is 2.15. The van der Waals surface area contributed by atoms with Crippen LogP contribution in [0.15, 0.2) is 22.6 Å². The van der Waals surface area contributed by atoms with Crippen molar-refractivity contribution in [3.05, 3.63) is 24.1 Å². The molecule has 0 saturated carbocycles. The fraction of sp³-hybridized carbons (Fsp3) is 0.500. The van der Waals surface area contributed by atoms with Gasteiger partial charge in [0, 0.05) is 11.1 Å². The van der Waals surface area contributed by atoms with Crippen molar-refractivity contribution in [1.29, 1.82) is 0 Å². The Bertz CT molecular complexity index is 670. The van der Waals surface area contributed by atoms with Crippen LogP contribution in [-0.2, 0) is 10.2 Å². The number of nitrogens with zero attached hydrogens (tertiary/aromatic N) is 1. The van der Waals surface area contributed by atoms with Crippen molar-refractivity contribution < 1.29 is 9.21 Å². The van der Waals surface area contributed by atoms with Gasteiger partial charge in [0.05, 0.1) is 6.04 Å². The van der Waals surface area contributed by atoms with Gasteiger partial charge < -0.3 is 15.1 Å². The number of anilines is 1. The van der Waals surface area contributed by atoms with Crippen LogP contribution in [0.2, 0.25) is 0 Å². The number of fused-ring (bicyclic) bond motifs is 1. The molecule has 1 unspecified atom stereocenters. The summed E-state index contributed by atoms with van der Waals surface area (Å²) < 4.78 is 5.76. The highest BCUT2D eigenvalue weighted by Gasteiger charge is 2.23. The summed E-state index contributed by atoms with van der Waals surface area (Å²) in [6.45, 7) is 7.10. The number of nitrogens with one attached hydrogen (secondary N) is 2. The summed E-state index contributed by atoms with van der Waals surface area (Å²) in [4.78, 5) is 16.6. The van der Waals surface area contributed by atoms with Crippen molar-refractivity contribution >= 4 is 35.1 Å². The van der Waals surface area contributed by atoms with E-state index in [2.05, 4.69) is 36.4 Å². The molecule has 3 rings (SSSR count). The molecule has 1 atom stereocenters. The predicted octanol–water partition coefficient (Wildman–Crippen LogP) is 3.24. The molecule has 0 bridgehead atoms. The van der Waals surface area contributed by atoms with E-state index in [0.717, 1.165) is 36.2 Å².